The van der Waals surface area contributed by atoms with Crippen LogP contribution in [-0.2, 0) is 0 Å². The van der Waals surface area contributed by atoms with Gasteiger partial charge in [-0.2, -0.15) is 0 Å². The van der Waals surface area contributed by atoms with Crippen molar-refractivity contribution in [3.05, 3.63) is 69.5 Å². The average Bonchev–Trinajstić information content (AvgIpc) is 3.10. The monoisotopic (exact) mass is 387 g/mol. The lowest BCUT2D eigenvalue weighted by atomic mass is 9.94. The highest BCUT2D eigenvalue weighted by molar-refractivity contribution is 5.85. The van der Waals surface area contributed by atoms with Crippen molar-refractivity contribution in [2.24, 2.45) is 0 Å². The molecule has 0 saturated heterocycles. The fourth-order valence-electron chi connectivity index (χ4n) is 2.58. The Morgan fingerprint density at radius 3 is 2.29 bits per heavy atom. The van der Waals surface area contributed by atoms with Crippen LogP contribution >= 0.6 is 0 Å². The molecule has 0 saturated carbocycles. The number of aromatic amines is 2. The Hall–Kier alpha value is -2.69. The van der Waals surface area contributed by atoms with Crippen molar-refractivity contribution in [1.29, 1.82) is 0 Å². The highest BCUT2D eigenvalue weighted by Gasteiger charge is 2.10. The van der Waals surface area contributed by atoms with E-state index in [-0.39, 0.29) is 11.5 Å². The number of aromatic nitrogens is 3. The SMILES string of the molecule is CC.CC.CC.CC/C=C(/c1cnc2[nH]c(=O)[nH]c2c1)c1ccc(F)cc1C. The molecule has 0 aliphatic rings. The maximum Gasteiger partial charge on any atom is 0.325 e. The molecule has 0 fully saturated rings. The lowest BCUT2D eigenvalue weighted by Crippen LogP contribution is -1.99. The summed E-state index contributed by atoms with van der Waals surface area (Å²) in [7, 11) is 0. The van der Waals surface area contributed by atoms with E-state index in [2.05, 4.69) is 21.0 Å². The third-order valence-electron chi connectivity index (χ3n) is 3.57. The molecule has 4 nitrogen and oxygen atoms in total. The van der Waals surface area contributed by atoms with Crippen LogP contribution in [0, 0.1) is 12.7 Å². The number of rotatable bonds is 3. The minimum atomic E-state index is -0.279. The largest absolute Gasteiger partial charge is 0.325 e. The average molecular weight is 388 g/mol. The van der Waals surface area contributed by atoms with Crippen molar-refractivity contribution in [2.75, 3.05) is 0 Å². The number of pyridine rings is 1. The second-order valence-electron chi connectivity index (χ2n) is 5.18. The van der Waals surface area contributed by atoms with Crippen molar-refractivity contribution >= 4 is 16.7 Å². The molecule has 28 heavy (non-hydrogen) atoms. The van der Waals surface area contributed by atoms with E-state index in [4.69, 9.17) is 0 Å². The van der Waals surface area contributed by atoms with Crippen molar-refractivity contribution in [3.63, 3.8) is 0 Å². The highest BCUT2D eigenvalue weighted by atomic mass is 19.1. The van der Waals surface area contributed by atoms with Gasteiger partial charge in [-0.05, 0) is 48.2 Å². The molecular formula is C23H34FN3O. The van der Waals surface area contributed by atoms with E-state index >= 15 is 0 Å². The van der Waals surface area contributed by atoms with E-state index in [0.29, 0.717) is 11.2 Å². The maximum atomic E-state index is 13.3. The fourth-order valence-corrected chi connectivity index (χ4v) is 2.58. The number of hydrogen-bond acceptors (Lipinski definition) is 2. The molecule has 0 unspecified atom stereocenters. The van der Waals surface area contributed by atoms with Crippen LogP contribution in [0.25, 0.3) is 16.7 Å². The molecule has 1 aromatic carbocycles. The molecule has 0 aliphatic carbocycles. The molecular weight excluding hydrogens is 353 g/mol. The number of allylic oxidation sites excluding steroid dienone is 1. The van der Waals surface area contributed by atoms with Gasteiger partial charge < -0.3 is 4.98 Å². The minimum absolute atomic E-state index is 0.249. The van der Waals surface area contributed by atoms with Crippen LogP contribution in [-0.4, -0.2) is 15.0 Å². The molecule has 2 heterocycles. The molecule has 0 radical (unpaired) electrons. The standard InChI is InChI=1S/C17H16FN3O.3C2H6/c1-3-4-14(13-6-5-12(18)7-10(13)2)11-8-15-16(19-9-11)21-17(22)20-15;3*1-2/h4-9H,3H2,1-2H3,(H2,19,20,21,22);3*1-2H3/b14-4-;;;. The Labute approximate surface area is 167 Å². The number of imidazole rings is 1. The Morgan fingerprint density at radius 1 is 1.07 bits per heavy atom. The quantitative estimate of drug-likeness (QED) is 0.530. The zero-order valence-corrected chi connectivity index (χ0v) is 18.4. The molecule has 3 aromatic rings. The van der Waals surface area contributed by atoms with E-state index in [1.54, 1.807) is 12.3 Å². The van der Waals surface area contributed by atoms with E-state index in [0.717, 1.165) is 28.7 Å². The van der Waals surface area contributed by atoms with E-state index in [1.165, 1.54) is 12.1 Å². The zero-order chi connectivity index (χ0) is 21.7. The van der Waals surface area contributed by atoms with Gasteiger partial charge in [0.25, 0.3) is 0 Å². The second kappa shape index (κ2) is 13.5. The molecule has 5 heteroatoms. The van der Waals surface area contributed by atoms with Gasteiger partial charge in [0.05, 0.1) is 5.52 Å². The van der Waals surface area contributed by atoms with Crippen molar-refractivity contribution in [1.82, 2.24) is 15.0 Å². The summed E-state index contributed by atoms with van der Waals surface area (Å²) >= 11 is 0. The summed E-state index contributed by atoms with van der Waals surface area (Å²) in [5.41, 5.74) is 4.60. The second-order valence-corrected chi connectivity index (χ2v) is 5.18. The summed E-state index contributed by atoms with van der Waals surface area (Å²) < 4.78 is 13.3. The molecule has 0 amide bonds. The van der Waals surface area contributed by atoms with Gasteiger partial charge in [-0.3, -0.25) is 4.98 Å². The normalized spacial score (nSPS) is 10.1. The first-order chi connectivity index (χ1) is 13.6. The first-order valence-electron chi connectivity index (χ1n) is 10.1. The number of fused-ring (bicyclic) bond motifs is 1. The van der Waals surface area contributed by atoms with Crippen LogP contribution in [0.1, 0.15) is 71.6 Å². The molecule has 0 atom stereocenters. The highest BCUT2D eigenvalue weighted by Crippen LogP contribution is 2.27. The van der Waals surface area contributed by atoms with E-state index in [9.17, 15) is 9.18 Å². The number of aryl methyl sites for hydroxylation is 1. The number of benzene rings is 1. The fraction of sp³-hybridized carbons (Fsp3) is 0.391. The van der Waals surface area contributed by atoms with Gasteiger partial charge in [0.15, 0.2) is 5.65 Å². The molecule has 2 N–H and O–H groups in total. The van der Waals surface area contributed by atoms with Crippen LogP contribution in [0.15, 0.2) is 41.3 Å². The Kier molecular flexibility index (Phi) is 12.2. The topological polar surface area (TPSA) is 61.5 Å². The Bertz CT molecular complexity index is 923. The first-order valence-corrected chi connectivity index (χ1v) is 10.1. The van der Waals surface area contributed by atoms with Crippen molar-refractivity contribution < 1.29 is 4.39 Å². The minimum Gasteiger partial charge on any atom is -0.304 e. The molecule has 154 valence electrons. The summed E-state index contributed by atoms with van der Waals surface area (Å²) in [6.45, 7) is 15.9. The van der Waals surface area contributed by atoms with E-state index in [1.807, 2.05) is 61.5 Å². The third kappa shape index (κ3) is 6.48. The van der Waals surface area contributed by atoms with Gasteiger partial charge in [-0.15, -0.1) is 0 Å². The summed E-state index contributed by atoms with van der Waals surface area (Å²) in [6.07, 6.45) is 4.64. The van der Waals surface area contributed by atoms with Crippen LogP contribution in [0.4, 0.5) is 4.39 Å². The summed E-state index contributed by atoms with van der Waals surface area (Å²) in [6, 6.07) is 6.62. The third-order valence-corrected chi connectivity index (χ3v) is 3.57. The van der Waals surface area contributed by atoms with Gasteiger partial charge in [0.1, 0.15) is 5.82 Å². The summed E-state index contributed by atoms with van der Waals surface area (Å²) in [4.78, 5) is 21.0. The van der Waals surface area contributed by atoms with Gasteiger partial charge in [-0.1, -0.05) is 60.6 Å². The number of nitrogens with one attached hydrogen (secondary N) is 2. The number of nitrogens with zero attached hydrogens (tertiary/aromatic N) is 1. The van der Waals surface area contributed by atoms with Gasteiger partial charge in [0, 0.05) is 11.8 Å². The molecule has 0 aliphatic heterocycles. The van der Waals surface area contributed by atoms with Crippen LogP contribution < -0.4 is 5.69 Å². The molecule has 3 rings (SSSR count). The van der Waals surface area contributed by atoms with E-state index < -0.39 is 0 Å². The van der Waals surface area contributed by atoms with Crippen molar-refractivity contribution in [2.45, 2.75) is 61.8 Å². The molecule has 0 bridgehead atoms. The molecule has 2 aromatic heterocycles. The Balaban J connectivity index is 0.00000111. The Morgan fingerprint density at radius 2 is 1.71 bits per heavy atom. The van der Waals surface area contributed by atoms with Crippen molar-refractivity contribution in [3.8, 4) is 0 Å². The van der Waals surface area contributed by atoms with Gasteiger partial charge in [-0.25, -0.2) is 14.2 Å². The first kappa shape index (κ1) is 25.3. The summed E-state index contributed by atoms with van der Waals surface area (Å²) in [5, 5.41) is 0. The van der Waals surface area contributed by atoms with Crippen LogP contribution in [0.5, 0.6) is 0 Å². The zero-order valence-electron chi connectivity index (χ0n) is 18.4. The number of halogens is 1. The lowest BCUT2D eigenvalue weighted by Gasteiger charge is -2.11. The summed E-state index contributed by atoms with van der Waals surface area (Å²) in [5.74, 6) is -0.249. The number of H-pyrrole nitrogens is 2. The van der Waals surface area contributed by atoms with Gasteiger partial charge >= 0.3 is 5.69 Å². The maximum absolute atomic E-state index is 13.3. The number of hydrogen-bond donors (Lipinski definition) is 2. The smallest absolute Gasteiger partial charge is 0.304 e. The molecule has 0 spiro atoms. The van der Waals surface area contributed by atoms with Crippen LogP contribution in [0.2, 0.25) is 0 Å². The van der Waals surface area contributed by atoms with Gasteiger partial charge in [0.2, 0.25) is 0 Å². The predicted octanol–water partition coefficient (Wildman–Crippen LogP) is 6.62. The predicted molar refractivity (Wildman–Crippen MR) is 119 cm³/mol. The lowest BCUT2D eigenvalue weighted by molar-refractivity contribution is 0.626. The van der Waals surface area contributed by atoms with Crippen LogP contribution in [0.3, 0.4) is 0 Å².